The van der Waals surface area contributed by atoms with Crippen LogP contribution in [0.15, 0.2) is 24.3 Å². The van der Waals surface area contributed by atoms with Crippen LogP contribution in [0.3, 0.4) is 0 Å². The van der Waals surface area contributed by atoms with Crippen LogP contribution in [0, 0.1) is 20.7 Å². The SMILES string of the molecule is CC(C)(C)c1cc(I)c([C]c2c(I)cc(C(C)(C)C)cc2I)c(I)c1. The molecule has 0 saturated carbocycles. The highest BCUT2D eigenvalue weighted by Gasteiger charge is 2.21. The van der Waals surface area contributed by atoms with Gasteiger partial charge in [0.05, 0.1) is 6.42 Å². The maximum Gasteiger partial charge on any atom is 0.0546 e. The number of benzene rings is 2. The number of hydrogen-bond acceptors (Lipinski definition) is 0. The van der Waals surface area contributed by atoms with Crippen LogP contribution in [0.4, 0.5) is 0 Å². The molecule has 0 fully saturated rings. The highest BCUT2D eigenvalue weighted by atomic mass is 127. The summed E-state index contributed by atoms with van der Waals surface area (Å²) < 4.78 is 5.06. The predicted octanol–water partition coefficient (Wildman–Crippen LogP) is 8.18. The van der Waals surface area contributed by atoms with E-state index in [0.29, 0.717) is 0 Å². The van der Waals surface area contributed by atoms with Crippen molar-refractivity contribution < 1.29 is 0 Å². The van der Waals surface area contributed by atoms with Crippen LogP contribution in [0.2, 0.25) is 0 Å². The third kappa shape index (κ3) is 5.68. The minimum atomic E-state index is 0.162. The van der Waals surface area contributed by atoms with Crippen molar-refractivity contribution in [2.45, 2.75) is 52.4 Å². The minimum Gasteiger partial charge on any atom is -0.0561 e. The van der Waals surface area contributed by atoms with Crippen molar-refractivity contribution in [3.05, 3.63) is 67.2 Å². The highest BCUT2D eigenvalue weighted by molar-refractivity contribution is 14.1. The molecule has 134 valence electrons. The fourth-order valence-electron chi connectivity index (χ4n) is 2.38. The quantitative estimate of drug-likeness (QED) is 0.270. The third-order valence-electron chi connectivity index (χ3n) is 4.07. The Hall–Kier alpha value is 1.36. The average Bonchev–Trinajstić information content (AvgIpc) is 2.42. The van der Waals surface area contributed by atoms with Crippen LogP contribution in [-0.4, -0.2) is 0 Å². The normalized spacial score (nSPS) is 12.6. The van der Waals surface area contributed by atoms with E-state index in [9.17, 15) is 0 Å². The molecule has 2 radical (unpaired) electrons. The second-order valence-electron chi connectivity index (χ2n) is 8.25. The second kappa shape index (κ2) is 8.39. The lowest BCUT2D eigenvalue weighted by Gasteiger charge is -2.23. The summed E-state index contributed by atoms with van der Waals surface area (Å²) in [5, 5.41) is 0. The van der Waals surface area contributed by atoms with E-state index in [4.69, 9.17) is 0 Å². The van der Waals surface area contributed by atoms with Crippen molar-refractivity contribution in [3.63, 3.8) is 0 Å². The van der Waals surface area contributed by atoms with Gasteiger partial charge in [-0.1, -0.05) is 41.5 Å². The summed E-state index contributed by atoms with van der Waals surface area (Å²) in [6, 6.07) is 9.20. The maximum atomic E-state index is 3.70. The molecule has 0 heterocycles. The Balaban J connectivity index is 2.48. The molecule has 0 N–H and O–H groups in total. The molecule has 0 spiro atoms. The van der Waals surface area contributed by atoms with Crippen LogP contribution in [0.1, 0.15) is 63.8 Å². The first kappa shape index (κ1) is 22.6. The van der Waals surface area contributed by atoms with E-state index in [-0.39, 0.29) is 10.8 Å². The number of hydrogen-bond donors (Lipinski definition) is 0. The number of halogens is 4. The van der Waals surface area contributed by atoms with Gasteiger partial charge in [0.25, 0.3) is 0 Å². The lowest BCUT2D eigenvalue weighted by atomic mass is 9.85. The van der Waals surface area contributed by atoms with Gasteiger partial charge in [0.2, 0.25) is 0 Å². The van der Waals surface area contributed by atoms with Gasteiger partial charge in [-0.2, -0.15) is 0 Å². The lowest BCUT2D eigenvalue weighted by molar-refractivity contribution is 0.589. The fraction of sp³-hybridized carbons (Fsp3) is 0.381. The Bertz CT molecular complexity index is 679. The standard InChI is InChI=1S/C21H22I4/c1-20(2,3)12-7-16(22)14(17(23)8-12)11-15-18(24)9-13(10-19(15)25)21(4,5)6/h7-10H,1-6H3. The van der Waals surface area contributed by atoms with Crippen LogP contribution < -0.4 is 0 Å². The fourth-order valence-corrected chi connectivity index (χ4v) is 6.45. The minimum absolute atomic E-state index is 0.162. The lowest BCUT2D eigenvalue weighted by Crippen LogP contribution is -2.14. The molecule has 0 atom stereocenters. The second-order valence-corrected chi connectivity index (χ2v) is 12.9. The summed E-state index contributed by atoms with van der Waals surface area (Å²) in [4.78, 5) is 0. The summed E-state index contributed by atoms with van der Waals surface area (Å²) in [6.07, 6.45) is 3.70. The van der Waals surface area contributed by atoms with E-state index >= 15 is 0 Å². The molecule has 0 aliphatic heterocycles. The smallest absolute Gasteiger partial charge is 0.0546 e. The molecule has 0 saturated heterocycles. The Labute approximate surface area is 207 Å². The molecule has 2 aromatic carbocycles. The zero-order valence-corrected chi connectivity index (χ0v) is 24.0. The van der Waals surface area contributed by atoms with Crippen LogP contribution in [-0.2, 0) is 10.8 Å². The van der Waals surface area contributed by atoms with E-state index in [1.54, 1.807) is 0 Å². The Morgan fingerprint density at radius 2 is 0.800 bits per heavy atom. The molecule has 0 unspecified atom stereocenters. The predicted molar refractivity (Wildman–Crippen MR) is 143 cm³/mol. The largest absolute Gasteiger partial charge is 0.0561 e. The molecule has 0 nitrogen and oxygen atoms in total. The molecule has 0 aliphatic carbocycles. The average molecular weight is 782 g/mol. The first-order valence-corrected chi connectivity index (χ1v) is 12.4. The molecule has 0 bridgehead atoms. The summed E-state index contributed by atoms with van der Waals surface area (Å²) in [7, 11) is 0. The maximum absolute atomic E-state index is 3.70. The van der Waals surface area contributed by atoms with Crippen molar-refractivity contribution in [1.82, 2.24) is 0 Å². The van der Waals surface area contributed by atoms with Gasteiger partial charge in [0, 0.05) is 14.3 Å². The molecular formula is C21H22I4. The van der Waals surface area contributed by atoms with Gasteiger partial charge in [-0.15, -0.1) is 0 Å². The third-order valence-corrected chi connectivity index (χ3v) is 7.47. The molecular weight excluding hydrogens is 760 g/mol. The zero-order chi connectivity index (χ0) is 19.2. The summed E-state index contributed by atoms with van der Waals surface area (Å²) >= 11 is 9.80. The molecule has 0 amide bonds. The monoisotopic (exact) mass is 782 g/mol. The molecule has 2 aromatic rings. The first-order chi connectivity index (χ1) is 11.3. The van der Waals surface area contributed by atoms with Crippen LogP contribution in [0.5, 0.6) is 0 Å². The van der Waals surface area contributed by atoms with E-state index in [2.05, 4.69) is 163 Å². The summed E-state index contributed by atoms with van der Waals surface area (Å²) in [6.45, 7) is 13.6. The van der Waals surface area contributed by atoms with Crippen LogP contribution in [0.25, 0.3) is 0 Å². The molecule has 2 rings (SSSR count). The first-order valence-electron chi connectivity index (χ1n) is 8.07. The van der Waals surface area contributed by atoms with Crippen molar-refractivity contribution in [1.29, 1.82) is 0 Å². The van der Waals surface area contributed by atoms with Gasteiger partial charge in [-0.25, -0.2) is 0 Å². The van der Waals surface area contributed by atoms with Gasteiger partial charge >= 0.3 is 0 Å². The Morgan fingerprint density at radius 1 is 0.560 bits per heavy atom. The van der Waals surface area contributed by atoms with Crippen molar-refractivity contribution in [2.75, 3.05) is 0 Å². The summed E-state index contributed by atoms with van der Waals surface area (Å²) in [5.74, 6) is 0. The highest BCUT2D eigenvalue weighted by Crippen LogP contribution is 2.35. The van der Waals surface area contributed by atoms with Crippen molar-refractivity contribution >= 4 is 90.4 Å². The van der Waals surface area contributed by atoms with Crippen LogP contribution >= 0.6 is 90.4 Å². The molecule has 4 heteroatoms. The van der Waals surface area contributed by atoms with E-state index in [0.717, 1.165) is 0 Å². The molecule has 0 aromatic heterocycles. The van der Waals surface area contributed by atoms with Gasteiger partial charge < -0.3 is 0 Å². The Kier molecular flexibility index (Phi) is 7.60. The topological polar surface area (TPSA) is 0 Å². The van der Waals surface area contributed by atoms with E-state index in [1.807, 2.05) is 0 Å². The Morgan fingerprint density at radius 3 is 1.00 bits per heavy atom. The van der Waals surface area contributed by atoms with Gasteiger partial charge in [-0.05, 0) is 148 Å². The van der Waals surface area contributed by atoms with Gasteiger partial charge in [-0.3, -0.25) is 0 Å². The van der Waals surface area contributed by atoms with Crippen molar-refractivity contribution in [2.24, 2.45) is 0 Å². The molecule has 25 heavy (non-hydrogen) atoms. The van der Waals surface area contributed by atoms with E-state index < -0.39 is 0 Å². The van der Waals surface area contributed by atoms with Gasteiger partial charge in [0.15, 0.2) is 0 Å². The zero-order valence-electron chi connectivity index (χ0n) is 15.3. The van der Waals surface area contributed by atoms with Crippen molar-refractivity contribution in [3.8, 4) is 0 Å². The number of rotatable bonds is 2. The van der Waals surface area contributed by atoms with E-state index in [1.165, 1.54) is 36.5 Å². The molecule has 0 aliphatic rings. The summed E-state index contributed by atoms with van der Waals surface area (Å²) in [5.41, 5.74) is 5.48. The van der Waals surface area contributed by atoms with Gasteiger partial charge in [0.1, 0.15) is 0 Å².